The molecule has 0 bridgehead atoms. The van der Waals surface area contributed by atoms with Crippen LogP contribution >= 0.6 is 0 Å². The number of rotatable bonds is 7. The number of anilines is 1. The summed E-state index contributed by atoms with van der Waals surface area (Å²) in [4.78, 5) is 38.7. The van der Waals surface area contributed by atoms with Crippen molar-refractivity contribution >= 4 is 33.4 Å². The molecule has 2 fully saturated rings. The highest BCUT2D eigenvalue weighted by Gasteiger charge is 2.48. The zero-order valence-electron chi connectivity index (χ0n) is 17.7. The number of amides is 3. The fraction of sp³-hybridized carbons (Fsp3) is 0.571. The van der Waals surface area contributed by atoms with Crippen molar-refractivity contribution in [3.63, 3.8) is 0 Å². The van der Waals surface area contributed by atoms with Gasteiger partial charge in [-0.25, -0.2) is 8.42 Å². The van der Waals surface area contributed by atoms with E-state index in [1.807, 2.05) is 13.8 Å². The highest BCUT2D eigenvalue weighted by atomic mass is 32.2. The van der Waals surface area contributed by atoms with E-state index in [4.69, 9.17) is 0 Å². The van der Waals surface area contributed by atoms with Crippen molar-refractivity contribution in [3.05, 3.63) is 24.3 Å². The maximum atomic E-state index is 12.7. The summed E-state index contributed by atoms with van der Waals surface area (Å²) in [5.41, 5.74) is -0.473. The molecule has 30 heavy (non-hydrogen) atoms. The minimum atomic E-state index is -3.60. The molecular formula is C21H29N3O5S. The number of hydrogen-bond acceptors (Lipinski definition) is 5. The van der Waals surface area contributed by atoms with Crippen molar-refractivity contribution in [2.45, 2.75) is 51.3 Å². The highest BCUT2D eigenvalue weighted by molar-refractivity contribution is 7.89. The molecular weight excluding hydrogens is 406 g/mol. The smallest absolute Gasteiger partial charge is 0.244 e. The van der Waals surface area contributed by atoms with Crippen LogP contribution in [0, 0.1) is 11.3 Å². The van der Waals surface area contributed by atoms with Crippen molar-refractivity contribution < 1.29 is 22.8 Å². The zero-order chi connectivity index (χ0) is 22.1. The topological polar surface area (TPSA) is 104 Å². The van der Waals surface area contributed by atoms with Gasteiger partial charge in [-0.05, 0) is 43.4 Å². The third-order valence-electron chi connectivity index (χ3n) is 5.59. The molecule has 3 amide bonds. The third kappa shape index (κ3) is 4.57. The lowest BCUT2D eigenvalue weighted by atomic mass is 9.80. The van der Waals surface area contributed by atoms with Gasteiger partial charge in [-0.15, -0.1) is 0 Å². The number of sulfonamides is 1. The molecule has 2 saturated heterocycles. The fourth-order valence-corrected chi connectivity index (χ4v) is 5.88. The fourth-order valence-electron chi connectivity index (χ4n) is 4.32. The number of nitrogens with one attached hydrogen (secondary N) is 1. The number of imide groups is 1. The first kappa shape index (κ1) is 22.4. The largest absolute Gasteiger partial charge is 0.324 e. The molecule has 9 heteroatoms. The van der Waals surface area contributed by atoms with E-state index < -0.39 is 21.3 Å². The molecule has 1 N–H and O–H groups in total. The Hall–Kier alpha value is -2.26. The van der Waals surface area contributed by atoms with Crippen molar-refractivity contribution in [2.75, 3.05) is 25.0 Å². The van der Waals surface area contributed by atoms with Crippen LogP contribution < -0.4 is 5.32 Å². The molecule has 164 valence electrons. The van der Waals surface area contributed by atoms with Crippen LogP contribution in [0.15, 0.2) is 29.2 Å². The van der Waals surface area contributed by atoms with Gasteiger partial charge in [0.05, 0.1) is 10.3 Å². The van der Waals surface area contributed by atoms with E-state index in [0.29, 0.717) is 25.2 Å². The van der Waals surface area contributed by atoms with Crippen LogP contribution in [0.3, 0.4) is 0 Å². The lowest BCUT2D eigenvalue weighted by Crippen LogP contribution is -2.40. The van der Waals surface area contributed by atoms with E-state index in [1.54, 1.807) is 19.1 Å². The van der Waals surface area contributed by atoms with Crippen LogP contribution in [0.25, 0.3) is 0 Å². The quantitative estimate of drug-likeness (QED) is 0.662. The molecule has 3 rings (SSSR count). The Morgan fingerprint density at radius 3 is 2.50 bits per heavy atom. The Labute approximate surface area is 177 Å². The standard InChI is InChI=1S/C21H29N3O5S/c1-15(2)12-21(3)13-19(26)24(20(21)27)14-18(25)22-16-7-6-8-17(11-16)30(28,29)23-9-4-5-10-23/h6-8,11,15H,4-5,9-10,12-14H2,1-3H3,(H,22,25). The van der Waals surface area contributed by atoms with Gasteiger partial charge >= 0.3 is 0 Å². The molecule has 0 saturated carbocycles. The molecule has 0 aromatic heterocycles. The SMILES string of the molecule is CC(C)CC1(C)CC(=O)N(CC(=O)Nc2cccc(S(=O)(=O)N3CCCC3)c2)C1=O. The minimum Gasteiger partial charge on any atom is -0.324 e. The molecule has 2 aliphatic heterocycles. The van der Waals surface area contributed by atoms with Crippen molar-refractivity contribution in [2.24, 2.45) is 11.3 Å². The van der Waals surface area contributed by atoms with E-state index in [0.717, 1.165) is 17.7 Å². The van der Waals surface area contributed by atoms with Gasteiger partial charge in [0, 0.05) is 25.2 Å². The Morgan fingerprint density at radius 1 is 1.20 bits per heavy atom. The minimum absolute atomic E-state index is 0.0981. The summed E-state index contributed by atoms with van der Waals surface area (Å²) >= 11 is 0. The summed E-state index contributed by atoms with van der Waals surface area (Å²) in [5.74, 6) is -0.979. The summed E-state index contributed by atoms with van der Waals surface area (Å²) in [6.45, 7) is 6.34. The van der Waals surface area contributed by atoms with Gasteiger partial charge in [0.15, 0.2) is 0 Å². The van der Waals surface area contributed by atoms with Crippen molar-refractivity contribution in [1.82, 2.24) is 9.21 Å². The summed E-state index contributed by atoms with van der Waals surface area (Å²) in [6.07, 6.45) is 2.35. The number of carbonyl (C=O) groups is 3. The van der Waals surface area contributed by atoms with E-state index in [1.165, 1.54) is 16.4 Å². The van der Waals surface area contributed by atoms with Crippen LogP contribution in [0.5, 0.6) is 0 Å². The Kier molecular flexibility index (Phi) is 6.33. The predicted molar refractivity (Wildman–Crippen MR) is 112 cm³/mol. The molecule has 1 atom stereocenters. The Morgan fingerprint density at radius 2 is 1.87 bits per heavy atom. The Balaban J connectivity index is 1.68. The van der Waals surface area contributed by atoms with Gasteiger partial charge in [0.2, 0.25) is 27.7 Å². The first-order valence-electron chi connectivity index (χ1n) is 10.3. The molecule has 1 aromatic carbocycles. The van der Waals surface area contributed by atoms with Gasteiger partial charge < -0.3 is 5.32 Å². The maximum absolute atomic E-state index is 12.7. The molecule has 2 heterocycles. The normalized spacial score (nSPS) is 22.9. The maximum Gasteiger partial charge on any atom is 0.244 e. The number of benzene rings is 1. The molecule has 0 radical (unpaired) electrons. The first-order valence-corrected chi connectivity index (χ1v) is 11.7. The molecule has 1 unspecified atom stereocenters. The summed E-state index contributed by atoms with van der Waals surface area (Å²) in [7, 11) is -3.60. The average molecular weight is 436 g/mol. The molecule has 0 aliphatic carbocycles. The van der Waals surface area contributed by atoms with Crippen molar-refractivity contribution in [3.8, 4) is 0 Å². The number of likely N-dealkylation sites (tertiary alicyclic amines) is 1. The van der Waals surface area contributed by atoms with Crippen molar-refractivity contribution in [1.29, 1.82) is 0 Å². The van der Waals surface area contributed by atoms with Gasteiger partial charge in [-0.3, -0.25) is 19.3 Å². The lowest BCUT2D eigenvalue weighted by molar-refractivity contribution is -0.144. The second-order valence-electron chi connectivity index (χ2n) is 8.81. The van der Waals surface area contributed by atoms with Gasteiger partial charge in [0.1, 0.15) is 6.54 Å². The number of nitrogens with zero attached hydrogens (tertiary/aromatic N) is 2. The Bertz CT molecular complexity index is 953. The third-order valence-corrected chi connectivity index (χ3v) is 7.48. The van der Waals surface area contributed by atoms with Crippen LogP contribution in [-0.2, 0) is 24.4 Å². The van der Waals surface area contributed by atoms with Crippen LogP contribution in [-0.4, -0.2) is 55.0 Å². The van der Waals surface area contributed by atoms with E-state index in [-0.39, 0.29) is 35.6 Å². The van der Waals surface area contributed by atoms with Crippen LogP contribution in [0.2, 0.25) is 0 Å². The second-order valence-corrected chi connectivity index (χ2v) is 10.7. The molecule has 8 nitrogen and oxygen atoms in total. The monoisotopic (exact) mass is 435 g/mol. The summed E-state index contributed by atoms with van der Waals surface area (Å²) in [6, 6.07) is 6.04. The zero-order valence-corrected chi connectivity index (χ0v) is 18.5. The van der Waals surface area contributed by atoms with E-state index in [2.05, 4.69) is 5.32 Å². The summed E-state index contributed by atoms with van der Waals surface area (Å²) < 4.78 is 26.9. The number of carbonyl (C=O) groups excluding carboxylic acids is 3. The highest BCUT2D eigenvalue weighted by Crippen LogP contribution is 2.38. The second kappa shape index (κ2) is 8.47. The van der Waals surface area contributed by atoms with Crippen LogP contribution in [0.4, 0.5) is 5.69 Å². The lowest BCUT2D eigenvalue weighted by Gasteiger charge is -2.23. The van der Waals surface area contributed by atoms with Gasteiger partial charge in [-0.1, -0.05) is 26.8 Å². The predicted octanol–water partition coefficient (Wildman–Crippen LogP) is 2.22. The van der Waals surface area contributed by atoms with Crippen LogP contribution in [0.1, 0.15) is 46.5 Å². The van der Waals surface area contributed by atoms with Gasteiger partial charge in [-0.2, -0.15) is 4.31 Å². The van der Waals surface area contributed by atoms with E-state index in [9.17, 15) is 22.8 Å². The molecule has 2 aliphatic rings. The molecule has 1 aromatic rings. The summed E-state index contributed by atoms with van der Waals surface area (Å²) in [5, 5.41) is 2.61. The molecule has 0 spiro atoms. The average Bonchev–Trinajstić information content (AvgIpc) is 3.26. The number of hydrogen-bond donors (Lipinski definition) is 1. The van der Waals surface area contributed by atoms with E-state index >= 15 is 0 Å². The van der Waals surface area contributed by atoms with Gasteiger partial charge in [0.25, 0.3) is 0 Å². The first-order chi connectivity index (χ1) is 14.0.